The fraction of sp³-hybridized carbons (Fsp3) is 0.154. The summed E-state index contributed by atoms with van der Waals surface area (Å²) >= 11 is 0. The fourth-order valence-corrected chi connectivity index (χ4v) is 1.69. The number of hydrogen-bond donors (Lipinski definition) is 1. The minimum absolute atomic E-state index is 0.148. The van der Waals surface area contributed by atoms with E-state index >= 15 is 0 Å². The summed E-state index contributed by atoms with van der Waals surface area (Å²) in [5, 5.41) is 13.7. The van der Waals surface area contributed by atoms with E-state index in [9.17, 15) is 14.5 Å². The zero-order valence-electron chi connectivity index (χ0n) is 10.3. The van der Waals surface area contributed by atoms with Crippen molar-refractivity contribution < 1.29 is 9.31 Å². The van der Waals surface area contributed by atoms with E-state index in [-0.39, 0.29) is 11.4 Å². The highest BCUT2D eigenvalue weighted by Gasteiger charge is 2.14. The van der Waals surface area contributed by atoms with E-state index in [1.807, 2.05) is 19.1 Å². The van der Waals surface area contributed by atoms with Crippen molar-refractivity contribution in [3.05, 3.63) is 63.7 Å². The normalized spacial score (nSPS) is 10.2. The molecule has 5 nitrogen and oxygen atoms in total. The Balaban J connectivity index is 2.22. The van der Waals surface area contributed by atoms with Gasteiger partial charge in [-0.1, -0.05) is 6.07 Å². The Morgan fingerprint density at radius 3 is 2.89 bits per heavy atom. The molecule has 0 saturated carbocycles. The Hall–Kier alpha value is -2.50. The van der Waals surface area contributed by atoms with Crippen LogP contribution in [0.15, 0.2) is 36.5 Å². The van der Waals surface area contributed by atoms with Crippen LogP contribution in [0, 0.1) is 22.9 Å². The van der Waals surface area contributed by atoms with Crippen molar-refractivity contribution in [2.75, 3.05) is 5.32 Å². The van der Waals surface area contributed by atoms with Crippen LogP contribution in [0.2, 0.25) is 0 Å². The SMILES string of the molecule is Cc1cccnc1CNc1cc(F)ccc1[N+](=O)[O-]. The number of hydrogen-bond acceptors (Lipinski definition) is 4. The molecule has 0 aliphatic carbocycles. The van der Waals surface area contributed by atoms with Gasteiger partial charge in [0.2, 0.25) is 0 Å². The topological polar surface area (TPSA) is 68.1 Å². The van der Waals surface area contributed by atoms with Gasteiger partial charge in [-0.05, 0) is 24.6 Å². The van der Waals surface area contributed by atoms with Gasteiger partial charge in [-0.3, -0.25) is 15.1 Å². The number of anilines is 1. The number of nitro groups is 1. The third-order valence-corrected chi connectivity index (χ3v) is 2.72. The highest BCUT2D eigenvalue weighted by molar-refractivity contribution is 5.61. The van der Waals surface area contributed by atoms with E-state index < -0.39 is 10.7 Å². The molecule has 2 rings (SSSR count). The first kappa shape index (κ1) is 12.9. The molecule has 6 heteroatoms. The maximum absolute atomic E-state index is 13.1. The van der Waals surface area contributed by atoms with Crippen LogP contribution in [0.1, 0.15) is 11.3 Å². The highest BCUT2D eigenvalue weighted by atomic mass is 19.1. The van der Waals surface area contributed by atoms with E-state index in [1.54, 1.807) is 6.20 Å². The van der Waals surface area contributed by atoms with Gasteiger partial charge in [0.25, 0.3) is 5.69 Å². The zero-order valence-corrected chi connectivity index (χ0v) is 10.3. The van der Waals surface area contributed by atoms with E-state index in [4.69, 9.17) is 0 Å². The summed E-state index contributed by atoms with van der Waals surface area (Å²) in [6.07, 6.45) is 1.64. The van der Waals surface area contributed by atoms with E-state index in [0.29, 0.717) is 6.54 Å². The van der Waals surface area contributed by atoms with Gasteiger partial charge in [0.15, 0.2) is 0 Å². The second-order valence-electron chi connectivity index (χ2n) is 4.04. The Morgan fingerprint density at radius 1 is 1.42 bits per heavy atom. The average molecular weight is 261 g/mol. The number of nitro benzene ring substituents is 1. The fourth-order valence-electron chi connectivity index (χ4n) is 1.69. The molecule has 0 atom stereocenters. The van der Waals surface area contributed by atoms with E-state index in [2.05, 4.69) is 10.3 Å². The Kier molecular flexibility index (Phi) is 3.70. The van der Waals surface area contributed by atoms with Crippen LogP contribution < -0.4 is 5.32 Å². The summed E-state index contributed by atoms with van der Waals surface area (Å²) in [4.78, 5) is 14.5. The average Bonchev–Trinajstić information content (AvgIpc) is 2.37. The molecule has 0 bridgehead atoms. The van der Waals surface area contributed by atoms with Gasteiger partial charge in [-0.25, -0.2) is 4.39 Å². The number of rotatable bonds is 4. The first-order chi connectivity index (χ1) is 9.08. The van der Waals surface area contributed by atoms with Crippen molar-refractivity contribution in [2.24, 2.45) is 0 Å². The van der Waals surface area contributed by atoms with Crippen molar-refractivity contribution in [3.8, 4) is 0 Å². The lowest BCUT2D eigenvalue weighted by Gasteiger charge is -2.08. The van der Waals surface area contributed by atoms with Crippen LogP contribution in [0.5, 0.6) is 0 Å². The standard InChI is InChI=1S/C13H12FN3O2/c1-9-3-2-6-15-12(9)8-16-11-7-10(14)4-5-13(11)17(18)19/h2-7,16H,8H2,1H3. The number of halogens is 1. The lowest BCUT2D eigenvalue weighted by Crippen LogP contribution is -2.05. The van der Waals surface area contributed by atoms with Gasteiger partial charge in [0, 0.05) is 18.3 Å². The van der Waals surface area contributed by atoms with Crippen molar-refractivity contribution in [1.82, 2.24) is 4.98 Å². The molecule has 0 radical (unpaired) electrons. The summed E-state index contributed by atoms with van der Waals surface area (Å²) in [5.74, 6) is -0.522. The van der Waals surface area contributed by atoms with Crippen LogP contribution in [-0.2, 0) is 6.54 Å². The minimum atomic E-state index is -0.549. The van der Waals surface area contributed by atoms with Crippen molar-refractivity contribution >= 4 is 11.4 Å². The monoisotopic (exact) mass is 261 g/mol. The number of pyridine rings is 1. The van der Waals surface area contributed by atoms with Crippen LogP contribution >= 0.6 is 0 Å². The molecule has 1 N–H and O–H groups in total. The number of aromatic nitrogens is 1. The Bertz CT molecular complexity index is 617. The molecular formula is C13H12FN3O2. The molecule has 19 heavy (non-hydrogen) atoms. The molecule has 0 aliphatic rings. The second-order valence-corrected chi connectivity index (χ2v) is 4.04. The summed E-state index contributed by atoms with van der Waals surface area (Å²) < 4.78 is 13.1. The molecule has 0 saturated heterocycles. The molecule has 1 aromatic carbocycles. The van der Waals surface area contributed by atoms with Crippen LogP contribution in [0.4, 0.5) is 15.8 Å². The molecule has 0 fully saturated rings. The summed E-state index contributed by atoms with van der Waals surface area (Å²) in [6.45, 7) is 2.20. The predicted octanol–water partition coefficient (Wildman–Crippen LogP) is 3.05. The van der Waals surface area contributed by atoms with Gasteiger partial charge >= 0.3 is 0 Å². The van der Waals surface area contributed by atoms with E-state index in [0.717, 1.165) is 29.5 Å². The van der Waals surface area contributed by atoms with Gasteiger partial charge in [0.1, 0.15) is 11.5 Å². The third kappa shape index (κ3) is 3.04. The number of aryl methyl sites for hydroxylation is 1. The molecule has 0 amide bonds. The van der Waals surface area contributed by atoms with Gasteiger partial charge in [0.05, 0.1) is 17.2 Å². The van der Waals surface area contributed by atoms with Crippen molar-refractivity contribution in [3.63, 3.8) is 0 Å². The Morgan fingerprint density at radius 2 is 2.21 bits per heavy atom. The molecule has 0 aliphatic heterocycles. The first-order valence-corrected chi connectivity index (χ1v) is 5.66. The van der Waals surface area contributed by atoms with Gasteiger partial charge in [-0.2, -0.15) is 0 Å². The quantitative estimate of drug-likeness (QED) is 0.678. The van der Waals surface area contributed by atoms with E-state index in [1.165, 1.54) is 0 Å². The smallest absolute Gasteiger partial charge is 0.292 e. The summed E-state index contributed by atoms with van der Waals surface area (Å²) in [6, 6.07) is 7.02. The van der Waals surface area contributed by atoms with Gasteiger partial charge in [-0.15, -0.1) is 0 Å². The number of benzene rings is 1. The van der Waals surface area contributed by atoms with Crippen LogP contribution in [0.25, 0.3) is 0 Å². The van der Waals surface area contributed by atoms with Crippen molar-refractivity contribution in [2.45, 2.75) is 13.5 Å². The molecular weight excluding hydrogens is 249 g/mol. The van der Waals surface area contributed by atoms with Crippen LogP contribution in [-0.4, -0.2) is 9.91 Å². The number of nitrogens with one attached hydrogen (secondary N) is 1. The highest BCUT2D eigenvalue weighted by Crippen LogP contribution is 2.25. The lowest BCUT2D eigenvalue weighted by molar-refractivity contribution is -0.384. The van der Waals surface area contributed by atoms with Gasteiger partial charge < -0.3 is 5.32 Å². The lowest BCUT2D eigenvalue weighted by atomic mass is 10.2. The zero-order chi connectivity index (χ0) is 13.8. The molecule has 2 aromatic rings. The molecule has 0 spiro atoms. The van der Waals surface area contributed by atoms with Crippen molar-refractivity contribution in [1.29, 1.82) is 0 Å². The predicted molar refractivity (Wildman–Crippen MR) is 69.4 cm³/mol. The summed E-state index contributed by atoms with van der Waals surface area (Å²) in [5.41, 5.74) is 1.72. The maximum atomic E-state index is 13.1. The molecule has 98 valence electrons. The number of nitrogens with zero attached hydrogens (tertiary/aromatic N) is 2. The maximum Gasteiger partial charge on any atom is 0.292 e. The molecule has 1 heterocycles. The minimum Gasteiger partial charge on any atom is -0.374 e. The first-order valence-electron chi connectivity index (χ1n) is 5.66. The second kappa shape index (κ2) is 5.43. The largest absolute Gasteiger partial charge is 0.374 e. The Labute approximate surface area is 109 Å². The molecule has 1 aromatic heterocycles. The molecule has 0 unspecified atom stereocenters. The van der Waals surface area contributed by atoms with Crippen LogP contribution in [0.3, 0.4) is 0 Å². The summed E-state index contributed by atoms with van der Waals surface area (Å²) in [7, 11) is 0. The third-order valence-electron chi connectivity index (χ3n) is 2.72.